The summed E-state index contributed by atoms with van der Waals surface area (Å²) in [5.74, 6) is 0. The summed E-state index contributed by atoms with van der Waals surface area (Å²) in [4.78, 5) is 3.13. The molecule has 2 N–H and O–H groups in total. The van der Waals surface area contributed by atoms with Crippen molar-refractivity contribution in [3.8, 4) is 0 Å². The van der Waals surface area contributed by atoms with Crippen molar-refractivity contribution in [1.82, 2.24) is 4.98 Å². The van der Waals surface area contributed by atoms with Crippen molar-refractivity contribution in [1.29, 1.82) is 0 Å². The van der Waals surface area contributed by atoms with E-state index in [1.165, 1.54) is 5.69 Å². The Balaban J connectivity index is 2.48. The average Bonchev–Trinajstić information content (AvgIpc) is 2.50. The molecule has 3 nitrogen and oxygen atoms in total. The highest BCUT2D eigenvalue weighted by molar-refractivity contribution is 6.02. The fraction of sp³-hybridized carbons (Fsp3) is 0.375. The molecule has 1 heterocycles. The van der Waals surface area contributed by atoms with Gasteiger partial charge < -0.3 is 10.2 Å². The number of hydrogen-bond donors (Lipinski definition) is 2. The highest BCUT2D eigenvalue weighted by Crippen LogP contribution is 2.19. The number of aromatic nitrogens is 1. The number of H-pyrrole nitrogens is 1. The van der Waals surface area contributed by atoms with Crippen LogP contribution in [0.15, 0.2) is 17.4 Å². The summed E-state index contributed by atoms with van der Waals surface area (Å²) >= 11 is 0. The molecular weight excluding hydrogens is 140 g/mol. The van der Waals surface area contributed by atoms with Gasteiger partial charge in [0.25, 0.3) is 0 Å². The zero-order valence-corrected chi connectivity index (χ0v) is 6.17. The van der Waals surface area contributed by atoms with Gasteiger partial charge in [0, 0.05) is 17.5 Å². The molecule has 0 aliphatic heterocycles. The van der Waals surface area contributed by atoms with Gasteiger partial charge >= 0.3 is 0 Å². The van der Waals surface area contributed by atoms with Gasteiger partial charge in [-0.1, -0.05) is 5.16 Å². The highest BCUT2D eigenvalue weighted by atomic mass is 16.4. The molecule has 0 saturated heterocycles. The fourth-order valence-electron chi connectivity index (χ4n) is 1.55. The van der Waals surface area contributed by atoms with E-state index in [2.05, 4.69) is 10.1 Å². The minimum Gasteiger partial charge on any atom is -0.411 e. The van der Waals surface area contributed by atoms with Crippen molar-refractivity contribution < 1.29 is 5.21 Å². The van der Waals surface area contributed by atoms with Gasteiger partial charge in [0.15, 0.2) is 0 Å². The molecule has 1 aromatic heterocycles. The first kappa shape index (κ1) is 6.46. The molecule has 0 unspecified atom stereocenters. The van der Waals surface area contributed by atoms with Gasteiger partial charge in [0.2, 0.25) is 0 Å². The van der Waals surface area contributed by atoms with Crippen LogP contribution in [-0.4, -0.2) is 15.9 Å². The maximum Gasteiger partial charge on any atom is 0.0885 e. The summed E-state index contributed by atoms with van der Waals surface area (Å²) in [5.41, 5.74) is 3.09. The molecule has 0 atom stereocenters. The van der Waals surface area contributed by atoms with Crippen LogP contribution in [0, 0.1) is 0 Å². The molecule has 2 rings (SSSR count). The van der Waals surface area contributed by atoms with Crippen molar-refractivity contribution >= 4 is 5.71 Å². The second kappa shape index (κ2) is 2.42. The summed E-state index contributed by atoms with van der Waals surface area (Å²) in [6, 6.07) is 1.96. The van der Waals surface area contributed by atoms with Gasteiger partial charge in [-0.05, 0) is 25.3 Å². The molecule has 1 aliphatic rings. The van der Waals surface area contributed by atoms with Crippen molar-refractivity contribution in [3.05, 3.63) is 23.5 Å². The van der Waals surface area contributed by atoms with Crippen molar-refractivity contribution in [3.63, 3.8) is 0 Å². The van der Waals surface area contributed by atoms with Crippen molar-refractivity contribution in [2.45, 2.75) is 19.3 Å². The van der Waals surface area contributed by atoms with E-state index in [0.717, 1.165) is 30.5 Å². The molecule has 3 heteroatoms. The molecule has 1 aliphatic carbocycles. The lowest BCUT2D eigenvalue weighted by Gasteiger charge is -2.11. The topological polar surface area (TPSA) is 48.4 Å². The second-order valence-corrected chi connectivity index (χ2v) is 2.77. The van der Waals surface area contributed by atoms with E-state index < -0.39 is 0 Å². The van der Waals surface area contributed by atoms with Crippen LogP contribution < -0.4 is 0 Å². The summed E-state index contributed by atoms with van der Waals surface area (Å²) in [5, 5.41) is 11.9. The third-order valence-corrected chi connectivity index (χ3v) is 2.10. The number of nitrogens with zero attached hydrogens (tertiary/aromatic N) is 1. The van der Waals surface area contributed by atoms with E-state index >= 15 is 0 Å². The van der Waals surface area contributed by atoms with Gasteiger partial charge in [-0.2, -0.15) is 0 Å². The van der Waals surface area contributed by atoms with E-state index in [-0.39, 0.29) is 0 Å². The summed E-state index contributed by atoms with van der Waals surface area (Å²) in [6.07, 6.45) is 4.93. The zero-order valence-electron chi connectivity index (χ0n) is 6.17. The van der Waals surface area contributed by atoms with Crippen LogP contribution in [0.2, 0.25) is 0 Å². The third kappa shape index (κ3) is 0.926. The van der Waals surface area contributed by atoms with Gasteiger partial charge in [0.05, 0.1) is 5.71 Å². The van der Waals surface area contributed by atoms with E-state index in [4.69, 9.17) is 5.21 Å². The monoisotopic (exact) mass is 150 g/mol. The predicted octanol–water partition coefficient (Wildman–Crippen LogP) is 1.53. The van der Waals surface area contributed by atoms with Gasteiger partial charge in [-0.15, -0.1) is 0 Å². The SMILES string of the molecule is O/N=C1/CCCc2[nH]ccc21. The predicted molar refractivity (Wildman–Crippen MR) is 42.1 cm³/mol. The number of fused-ring (bicyclic) bond motifs is 1. The lowest BCUT2D eigenvalue weighted by molar-refractivity contribution is 0.317. The number of aromatic amines is 1. The number of nitrogens with one attached hydrogen (secondary N) is 1. The van der Waals surface area contributed by atoms with Crippen molar-refractivity contribution in [2.24, 2.45) is 5.16 Å². The zero-order chi connectivity index (χ0) is 7.68. The largest absolute Gasteiger partial charge is 0.411 e. The highest BCUT2D eigenvalue weighted by Gasteiger charge is 2.15. The van der Waals surface area contributed by atoms with Crippen LogP contribution in [0.5, 0.6) is 0 Å². The fourth-order valence-corrected chi connectivity index (χ4v) is 1.55. The average molecular weight is 150 g/mol. The Morgan fingerprint density at radius 1 is 1.45 bits per heavy atom. The first-order chi connectivity index (χ1) is 5.42. The lowest BCUT2D eigenvalue weighted by atomic mass is 9.96. The molecule has 0 saturated carbocycles. The van der Waals surface area contributed by atoms with Gasteiger partial charge in [-0.3, -0.25) is 0 Å². The number of aryl methyl sites for hydroxylation is 1. The number of rotatable bonds is 0. The Morgan fingerprint density at radius 2 is 2.36 bits per heavy atom. The van der Waals surface area contributed by atoms with E-state index in [1.54, 1.807) is 0 Å². The Hall–Kier alpha value is -1.25. The summed E-state index contributed by atoms with van der Waals surface area (Å²) < 4.78 is 0. The Kier molecular flexibility index (Phi) is 1.42. The van der Waals surface area contributed by atoms with E-state index in [0.29, 0.717) is 0 Å². The molecule has 0 aromatic carbocycles. The molecular formula is C8H10N2O. The first-order valence-corrected chi connectivity index (χ1v) is 3.79. The first-order valence-electron chi connectivity index (χ1n) is 3.79. The van der Waals surface area contributed by atoms with Crippen LogP contribution in [0.25, 0.3) is 0 Å². The summed E-state index contributed by atoms with van der Waals surface area (Å²) in [7, 11) is 0. The maximum atomic E-state index is 8.63. The molecule has 11 heavy (non-hydrogen) atoms. The van der Waals surface area contributed by atoms with E-state index in [1.807, 2.05) is 12.3 Å². The van der Waals surface area contributed by atoms with Crippen LogP contribution >= 0.6 is 0 Å². The Bertz CT molecular complexity index is 288. The smallest absolute Gasteiger partial charge is 0.0885 e. The minimum atomic E-state index is 0.812. The van der Waals surface area contributed by atoms with Crippen LogP contribution in [0.3, 0.4) is 0 Å². The number of hydrogen-bond acceptors (Lipinski definition) is 2. The molecule has 0 spiro atoms. The number of oxime groups is 1. The maximum absolute atomic E-state index is 8.63. The Morgan fingerprint density at radius 3 is 3.18 bits per heavy atom. The lowest BCUT2D eigenvalue weighted by Crippen LogP contribution is -2.10. The quantitative estimate of drug-likeness (QED) is 0.427. The molecule has 0 bridgehead atoms. The summed E-state index contributed by atoms with van der Waals surface area (Å²) in [6.45, 7) is 0. The van der Waals surface area contributed by atoms with Crippen LogP contribution in [-0.2, 0) is 6.42 Å². The van der Waals surface area contributed by atoms with Gasteiger partial charge in [0.1, 0.15) is 0 Å². The molecule has 0 amide bonds. The molecule has 0 fully saturated rings. The van der Waals surface area contributed by atoms with Crippen LogP contribution in [0.4, 0.5) is 0 Å². The third-order valence-electron chi connectivity index (χ3n) is 2.10. The normalized spacial score (nSPS) is 20.2. The van der Waals surface area contributed by atoms with Gasteiger partial charge in [-0.25, -0.2) is 0 Å². The Labute approximate surface area is 64.7 Å². The van der Waals surface area contributed by atoms with Crippen molar-refractivity contribution in [2.75, 3.05) is 0 Å². The molecule has 58 valence electrons. The second-order valence-electron chi connectivity index (χ2n) is 2.77. The molecule has 1 aromatic rings. The molecule has 0 radical (unpaired) electrons. The van der Waals surface area contributed by atoms with Crippen LogP contribution in [0.1, 0.15) is 24.1 Å². The van der Waals surface area contributed by atoms with E-state index in [9.17, 15) is 0 Å². The minimum absolute atomic E-state index is 0.812. The standard InChI is InChI=1S/C8H10N2O/c11-10-8-3-1-2-7-6(8)4-5-9-7/h4-5,9,11H,1-3H2/b10-8-.